The van der Waals surface area contributed by atoms with Crippen LogP contribution in [-0.2, 0) is 4.79 Å². The molecule has 2 aliphatic rings. The third-order valence-corrected chi connectivity index (χ3v) is 7.18. The summed E-state index contributed by atoms with van der Waals surface area (Å²) in [6.45, 7) is 7.51. The molecule has 1 saturated carbocycles. The molecule has 0 unspecified atom stereocenters. The zero-order chi connectivity index (χ0) is 22.8. The topological polar surface area (TPSA) is 67.2 Å². The van der Waals surface area contributed by atoms with E-state index in [1.807, 2.05) is 29.1 Å². The molecule has 1 atom stereocenters. The van der Waals surface area contributed by atoms with Crippen LogP contribution in [0.25, 0.3) is 16.7 Å². The van der Waals surface area contributed by atoms with Crippen LogP contribution in [-0.4, -0.2) is 56.7 Å². The largest absolute Gasteiger partial charge is 0.352 e. The second-order valence-electron chi connectivity index (χ2n) is 9.52. The first kappa shape index (κ1) is 21.9. The van der Waals surface area contributed by atoms with Crippen LogP contribution in [0.3, 0.4) is 0 Å². The van der Waals surface area contributed by atoms with E-state index in [2.05, 4.69) is 40.9 Å². The van der Waals surface area contributed by atoms with Gasteiger partial charge < -0.3 is 9.80 Å². The number of benzene rings is 1. The molecule has 7 nitrogen and oxygen atoms in total. The van der Waals surface area contributed by atoms with Gasteiger partial charge in [-0.05, 0) is 31.4 Å². The fourth-order valence-electron chi connectivity index (χ4n) is 5.26. The van der Waals surface area contributed by atoms with E-state index < -0.39 is 0 Å². The van der Waals surface area contributed by atoms with Crippen LogP contribution in [0.4, 0.5) is 5.82 Å². The molecule has 2 fully saturated rings. The van der Waals surface area contributed by atoms with Gasteiger partial charge in [0, 0.05) is 38.0 Å². The van der Waals surface area contributed by atoms with Crippen molar-refractivity contribution in [1.82, 2.24) is 24.6 Å². The Morgan fingerprint density at radius 3 is 2.48 bits per heavy atom. The number of piperazine rings is 1. The molecule has 0 N–H and O–H groups in total. The highest BCUT2D eigenvalue weighted by atomic mass is 16.2. The number of aromatic nitrogens is 4. The maximum Gasteiger partial charge on any atom is 0.225 e. The molecule has 2 aromatic heterocycles. The first-order valence-corrected chi connectivity index (χ1v) is 12.5. The fourth-order valence-corrected chi connectivity index (χ4v) is 5.26. The minimum atomic E-state index is 0.243. The van der Waals surface area contributed by atoms with Gasteiger partial charge in [0.05, 0.1) is 17.3 Å². The first-order chi connectivity index (χ1) is 16.2. The number of nitrogens with zero attached hydrogens (tertiary/aromatic N) is 6. The summed E-state index contributed by atoms with van der Waals surface area (Å²) in [6, 6.07) is 10.2. The lowest BCUT2D eigenvalue weighted by molar-refractivity contribution is -0.135. The summed E-state index contributed by atoms with van der Waals surface area (Å²) in [4.78, 5) is 27.3. The normalized spacial score (nSPS) is 18.2. The maximum absolute atomic E-state index is 12.9. The van der Waals surface area contributed by atoms with Crippen molar-refractivity contribution in [2.45, 2.75) is 58.3 Å². The highest BCUT2D eigenvalue weighted by Gasteiger charge is 2.30. The van der Waals surface area contributed by atoms with Gasteiger partial charge >= 0.3 is 0 Å². The minimum absolute atomic E-state index is 0.243. The van der Waals surface area contributed by atoms with E-state index in [9.17, 15) is 4.79 Å². The number of fused-ring (bicyclic) bond motifs is 1. The van der Waals surface area contributed by atoms with E-state index >= 15 is 0 Å². The lowest BCUT2D eigenvalue weighted by atomic mass is 10.1. The van der Waals surface area contributed by atoms with Gasteiger partial charge in [-0.2, -0.15) is 5.10 Å². The Bertz CT molecular complexity index is 1100. The molecule has 3 heterocycles. The fraction of sp³-hybridized carbons (Fsp3) is 0.538. The lowest BCUT2D eigenvalue weighted by Gasteiger charge is -2.37. The molecule has 0 bridgehead atoms. The van der Waals surface area contributed by atoms with Crippen molar-refractivity contribution in [3.63, 3.8) is 0 Å². The second kappa shape index (κ2) is 9.49. The predicted octanol–water partition coefficient (Wildman–Crippen LogP) is 4.56. The molecule has 0 spiro atoms. The van der Waals surface area contributed by atoms with Crippen LogP contribution in [0.1, 0.15) is 64.1 Å². The molecule has 5 rings (SSSR count). The Hall–Kier alpha value is -2.96. The quantitative estimate of drug-likeness (QED) is 0.555. The SMILES string of the molecule is CCC[C@H](C)c1nc(N2CCN(C(=O)C3CCCC3)CC2)c2cnn(-c3ccccc3)c2n1. The molecule has 1 aromatic carbocycles. The van der Waals surface area contributed by atoms with Gasteiger partial charge in [-0.15, -0.1) is 0 Å². The third-order valence-electron chi connectivity index (χ3n) is 7.18. The monoisotopic (exact) mass is 446 g/mol. The standard InChI is InChI=1S/C26H34N6O/c1-3-9-19(2)23-28-24(22-18-27-32(25(22)29-23)21-12-5-4-6-13-21)30-14-16-31(17-15-30)26(33)20-10-7-8-11-20/h4-6,12-13,18-20H,3,7-11,14-17H2,1-2H3/t19-/m0/s1. The number of hydrogen-bond donors (Lipinski definition) is 0. The van der Waals surface area contributed by atoms with Crippen LogP contribution in [0.15, 0.2) is 36.5 Å². The first-order valence-electron chi connectivity index (χ1n) is 12.5. The summed E-state index contributed by atoms with van der Waals surface area (Å²) in [5, 5.41) is 5.66. The van der Waals surface area contributed by atoms with Crippen molar-refractivity contribution in [2.75, 3.05) is 31.1 Å². The van der Waals surface area contributed by atoms with E-state index in [1.165, 1.54) is 12.8 Å². The molecule has 33 heavy (non-hydrogen) atoms. The molecular weight excluding hydrogens is 412 g/mol. The highest BCUT2D eigenvalue weighted by molar-refractivity contribution is 5.88. The van der Waals surface area contributed by atoms with Gasteiger partial charge in [0.2, 0.25) is 5.91 Å². The Kier molecular flexibility index (Phi) is 6.29. The van der Waals surface area contributed by atoms with Gasteiger partial charge in [-0.3, -0.25) is 4.79 Å². The lowest BCUT2D eigenvalue weighted by Crippen LogP contribution is -2.50. The van der Waals surface area contributed by atoms with E-state index in [1.54, 1.807) is 0 Å². The number of rotatable bonds is 6. The van der Waals surface area contributed by atoms with E-state index in [-0.39, 0.29) is 11.8 Å². The van der Waals surface area contributed by atoms with Gasteiger partial charge in [0.15, 0.2) is 5.65 Å². The molecule has 1 aliphatic heterocycles. The maximum atomic E-state index is 12.9. The van der Waals surface area contributed by atoms with Crippen molar-refractivity contribution in [1.29, 1.82) is 0 Å². The Morgan fingerprint density at radius 2 is 1.79 bits per heavy atom. The number of para-hydroxylation sites is 1. The number of carbonyl (C=O) groups is 1. The van der Waals surface area contributed by atoms with Crippen LogP contribution >= 0.6 is 0 Å². The van der Waals surface area contributed by atoms with Gasteiger partial charge in [0.1, 0.15) is 11.6 Å². The van der Waals surface area contributed by atoms with Gasteiger partial charge in [0.25, 0.3) is 0 Å². The summed E-state index contributed by atoms with van der Waals surface area (Å²) in [7, 11) is 0. The Balaban J connectivity index is 1.46. The van der Waals surface area contributed by atoms with Crippen molar-refractivity contribution in [3.05, 3.63) is 42.4 Å². The molecule has 3 aromatic rings. The average molecular weight is 447 g/mol. The summed E-state index contributed by atoms with van der Waals surface area (Å²) in [5.41, 5.74) is 1.85. The van der Waals surface area contributed by atoms with Gasteiger partial charge in [-0.25, -0.2) is 14.6 Å². The smallest absolute Gasteiger partial charge is 0.225 e. The molecule has 174 valence electrons. The molecule has 0 radical (unpaired) electrons. The number of anilines is 1. The third kappa shape index (κ3) is 4.33. The van der Waals surface area contributed by atoms with E-state index in [0.29, 0.717) is 5.91 Å². The van der Waals surface area contributed by atoms with Gasteiger partial charge in [-0.1, -0.05) is 51.3 Å². The molecule has 1 aliphatic carbocycles. The zero-order valence-electron chi connectivity index (χ0n) is 19.8. The second-order valence-corrected chi connectivity index (χ2v) is 9.52. The highest BCUT2D eigenvalue weighted by Crippen LogP contribution is 2.31. The van der Waals surface area contributed by atoms with Crippen LogP contribution in [0, 0.1) is 5.92 Å². The predicted molar refractivity (Wildman–Crippen MR) is 131 cm³/mol. The Morgan fingerprint density at radius 1 is 1.06 bits per heavy atom. The van der Waals surface area contributed by atoms with Crippen LogP contribution in [0.2, 0.25) is 0 Å². The Labute approximate surface area is 195 Å². The average Bonchev–Trinajstić information content (AvgIpc) is 3.54. The number of carbonyl (C=O) groups excluding carboxylic acids is 1. The summed E-state index contributed by atoms with van der Waals surface area (Å²) < 4.78 is 1.92. The molecule has 7 heteroatoms. The molecular formula is C26H34N6O. The van der Waals surface area contributed by atoms with Crippen LogP contribution < -0.4 is 4.90 Å². The van der Waals surface area contributed by atoms with Crippen LogP contribution in [0.5, 0.6) is 0 Å². The van der Waals surface area contributed by atoms with E-state index in [4.69, 9.17) is 9.97 Å². The summed E-state index contributed by atoms with van der Waals surface area (Å²) in [5.74, 6) is 2.71. The van der Waals surface area contributed by atoms with Crippen molar-refractivity contribution in [3.8, 4) is 5.69 Å². The minimum Gasteiger partial charge on any atom is -0.352 e. The number of hydrogen-bond acceptors (Lipinski definition) is 5. The summed E-state index contributed by atoms with van der Waals surface area (Å²) >= 11 is 0. The summed E-state index contributed by atoms with van der Waals surface area (Å²) in [6.07, 6.45) is 8.54. The zero-order valence-corrected chi connectivity index (χ0v) is 19.8. The van der Waals surface area contributed by atoms with Crippen molar-refractivity contribution >= 4 is 22.8 Å². The van der Waals surface area contributed by atoms with E-state index in [0.717, 1.165) is 80.2 Å². The molecule has 1 amide bonds. The van der Waals surface area contributed by atoms with Crippen molar-refractivity contribution < 1.29 is 4.79 Å². The molecule has 1 saturated heterocycles. The number of amides is 1. The van der Waals surface area contributed by atoms with Crippen molar-refractivity contribution in [2.24, 2.45) is 5.92 Å².